The first-order valence-electron chi connectivity index (χ1n) is 10.8. The molecule has 0 heterocycles. The van der Waals surface area contributed by atoms with Gasteiger partial charge in [0.2, 0.25) is 11.8 Å². The Balaban J connectivity index is 2.14. The number of benzene rings is 2. The predicted molar refractivity (Wildman–Crippen MR) is 131 cm³/mol. The lowest BCUT2D eigenvalue weighted by atomic mass is 10.1. The maximum absolute atomic E-state index is 13.2. The lowest BCUT2D eigenvalue weighted by Gasteiger charge is -2.31. The minimum absolute atomic E-state index is 0.0382. The van der Waals surface area contributed by atoms with E-state index in [1.165, 1.54) is 17.3 Å². The van der Waals surface area contributed by atoms with E-state index in [0.717, 1.165) is 17.5 Å². The number of nitrogens with zero attached hydrogens (tertiary/aromatic N) is 1. The van der Waals surface area contributed by atoms with Gasteiger partial charge in [-0.05, 0) is 43.9 Å². The molecule has 0 bridgehead atoms. The van der Waals surface area contributed by atoms with Gasteiger partial charge in [-0.2, -0.15) is 0 Å². The molecule has 0 saturated heterocycles. The highest BCUT2D eigenvalue weighted by molar-refractivity contribution is 7.99. The average molecular weight is 461 g/mol. The Morgan fingerprint density at radius 2 is 1.74 bits per heavy atom. The zero-order chi connectivity index (χ0) is 22.8. The predicted octanol–water partition coefficient (Wildman–Crippen LogP) is 5.60. The van der Waals surface area contributed by atoms with Crippen LogP contribution in [0.15, 0.2) is 48.5 Å². The van der Waals surface area contributed by atoms with Crippen LogP contribution < -0.4 is 5.32 Å². The first kappa shape index (κ1) is 25.3. The topological polar surface area (TPSA) is 49.4 Å². The minimum Gasteiger partial charge on any atom is -0.352 e. The summed E-state index contributed by atoms with van der Waals surface area (Å²) in [5.41, 5.74) is 3.19. The zero-order valence-corrected chi connectivity index (χ0v) is 20.4. The Morgan fingerprint density at radius 3 is 2.35 bits per heavy atom. The number of carbonyl (C=O) groups excluding carboxylic acids is 2. The standard InChI is InChI=1S/C25H33ClN2O2S/c1-5-19(4)27-25(30)23(6-2)28(15-20-13-11-18(3)12-14-20)24(29)17-31-16-21-9-7-8-10-22(21)26/h7-14,19,23H,5-6,15-17H2,1-4H3,(H,27,30)/t19-,23-/m0/s1. The van der Waals surface area contributed by atoms with Crippen molar-refractivity contribution in [1.82, 2.24) is 10.2 Å². The molecular formula is C25H33ClN2O2S. The molecule has 2 atom stereocenters. The Labute approximate surface area is 195 Å². The monoisotopic (exact) mass is 460 g/mol. The molecule has 0 saturated carbocycles. The second-order valence-corrected chi connectivity index (χ2v) is 9.23. The van der Waals surface area contributed by atoms with Crippen molar-refractivity contribution in [2.24, 2.45) is 0 Å². The zero-order valence-electron chi connectivity index (χ0n) is 18.9. The quantitative estimate of drug-likeness (QED) is 0.474. The second-order valence-electron chi connectivity index (χ2n) is 7.83. The molecule has 0 radical (unpaired) electrons. The van der Waals surface area contributed by atoms with Crippen molar-refractivity contribution in [3.05, 3.63) is 70.2 Å². The third kappa shape index (κ3) is 7.89. The number of halogens is 1. The number of thioether (sulfide) groups is 1. The van der Waals surface area contributed by atoms with Crippen LogP contribution in [0.1, 0.15) is 50.3 Å². The largest absolute Gasteiger partial charge is 0.352 e. The molecule has 0 spiro atoms. The summed E-state index contributed by atoms with van der Waals surface area (Å²) in [5.74, 6) is 0.821. The number of carbonyl (C=O) groups is 2. The lowest BCUT2D eigenvalue weighted by Crippen LogP contribution is -2.51. The molecule has 2 aromatic carbocycles. The average Bonchev–Trinajstić information content (AvgIpc) is 2.76. The normalized spacial score (nSPS) is 12.8. The number of hydrogen-bond donors (Lipinski definition) is 1. The van der Waals surface area contributed by atoms with Crippen LogP contribution >= 0.6 is 23.4 Å². The third-order valence-corrected chi connectivity index (χ3v) is 6.64. The summed E-state index contributed by atoms with van der Waals surface area (Å²) in [5, 5.41) is 3.75. The van der Waals surface area contributed by atoms with E-state index in [1.54, 1.807) is 4.90 Å². The molecule has 2 amide bonds. The summed E-state index contributed by atoms with van der Waals surface area (Å²) in [6.45, 7) is 8.42. The van der Waals surface area contributed by atoms with E-state index in [1.807, 2.05) is 76.2 Å². The Morgan fingerprint density at radius 1 is 1.06 bits per heavy atom. The molecule has 31 heavy (non-hydrogen) atoms. The number of aryl methyl sites for hydroxylation is 1. The second kappa shape index (κ2) is 12.8. The van der Waals surface area contributed by atoms with Crippen LogP contribution in [-0.2, 0) is 21.9 Å². The smallest absolute Gasteiger partial charge is 0.243 e. The number of hydrogen-bond acceptors (Lipinski definition) is 3. The number of nitrogens with one attached hydrogen (secondary N) is 1. The van der Waals surface area contributed by atoms with Gasteiger partial charge in [-0.15, -0.1) is 11.8 Å². The van der Waals surface area contributed by atoms with Gasteiger partial charge in [0, 0.05) is 23.4 Å². The summed E-state index contributed by atoms with van der Waals surface area (Å²) in [4.78, 5) is 27.9. The summed E-state index contributed by atoms with van der Waals surface area (Å²) >= 11 is 7.76. The highest BCUT2D eigenvalue weighted by atomic mass is 35.5. The van der Waals surface area contributed by atoms with Crippen LogP contribution in [0, 0.1) is 6.92 Å². The summed E-state index contributed by atoms with van der Waals surface area (Å²) in [7, 11) is 0. The molecule has 0 aliphatic heterocycles. The molecular weight excluding hydrogens is 428 g/mol. The van der Waals surface area contributed by atoms with Crippen molar-refractivity contribution < 1.29 is 9.59 Å². The fourth-order valence-corrected chi connectivity index (χ4v) is 4.39. The molecule has 0 aliphatic rings. The van der Waals surface area contributed by atoms with E-state index < -0.39 is 6.04 Å². The van der Waals surface area contributed by atoms with E-state index >= 15 is 0 Å². The van der Waals surface area contributed by atoms with Crippen LogP contribution in [0.25, 0.3) is 0 Å². The van der Waals surface area contributed by atoms with Gasteiger partial charge in [0.05, 0.1) is 5.75 Å². The van der Waals surface area contributed by atoms with Crippen LogP contribution in [0.2, 0.25) is 5.02 Å². The van der Waals surface area contributed by atoms with Gasteiger partial charge in [0.1, 0.15) is 6.04 Å². The van der Waals surface area contributed by atoms with Crippen molar-refractivity contribution in [3.63, 3.8) is 0 Å². The van der Waals surface area contributed by atoms with Crippen molar-refractivity contribution >= 4 is 35.2 Å². The fourth-order valence-electron chi connectivity index (χ4n) is 3.20. The van der Waals surface area contributed by atoms with E-state index in [2.05, 4.69) is 5.32 Å². The Hall–Kier alpha value is -1.98. The first-order chi connectivity index (χ1) is 14.8. The van der Waals surface area contributed by atoms with Gasteiger partial charge in [-0.1, -0.05) is 73.5 Å². The van der Waals surface area contributed by atoms with Crippen LogP contribution in [0.3, 0.4) is 0 Å². The molecule has 0 aromatic heterocycles. The highest BCUT2D eigenvalue weighted by Gasteiger charge is 2.29. The minimum atomic E-state index is -0.497. The van der Waals surface area contributed by atoms with Gasteiger partial charge in [0.25, 0.3) is 0 Å². The van der Waals surface area contributed by atoms with Crippen molar-refractivity contribution in [3.8, 4) is 0 Å². The van der Waals surface area contributed by atoms with E-state index in [9.17, 15) is 9.59 Å². The first-order valence-corrected chi connectivity index (χ1v) is 12.4. The van der Waals surface area contributed by atoms with Gasteiger partial charge >= 0.3 is 0 Å². The highest BCUT2D eigenvalue weighted by Crippen LogP contribution is 2.22. The summed E-state index contributed by atoms with van der Waals surface area (Å²) < 4.78 is 0. The molecule has 168 valence electrons. The molecule has 6 heteroatoms. The van der Waals surface area contributed by atoms with Crippen LogP contribution in [0.5, 0.6) is 0 Å². The van der Waals surface area contributed by atoms with Gasteiger partial charge in [-0.25, -0.2) is 0 Å². The number of amides is 2. The molecule has 0 aliphatic carbocycles. The third-order valence-electron chi connectivity index (χ3n) is 5.30. The molecule has 2 aromatic rings. The van der Waals surface area contributed by atoms with E-state index in [0.29, 0.717) is 29.5 Å². The van der Waals surface area contributed by atoms with Crippen molar-refractivity contribution in [1.29, 1.82) is 0 Å². The summed E-state index contributed by atoms with van der Waals surface area (Å²) in [6.07, 6.45) is 1.41. The van der Waals surface area contributed by atoms with E-state index in [-0.39, 0.29) is 17.9 Å². The summed E-state index contributed by atoms with van der Waals surface area (Å²) in [6, 6.07) is 15.3. The molecule has 1 N–H and O–H groups in total. The van der Waals surface area contributed by atoms with Gasteiger partial charge in [0.15, 0.2) is 0 Å². The molecule has 2 rings (SSSR count). The van der Waals surface area contributed by atoms with Crippen LogP contribution in [0.4, 0.5) is 0 Å². The van der Waals surface area contributed by atoms with Gasteiger partial charge in [-0.3, -0.25) is 9.59 Å². The maximum Gasteiger partial charge on any atom is 0.243 e. The molecule has 0 unspecified atom stereocenters. The SMILES string of the molecule is CC[C@H](C)NC(=O)[C@H](CC)N(Cc1ccc(C)cc1)C(=O)CSCc1ccccc1Cl. The molecule has 0 fully saturated rings. The fraction of sp³-hybridized carbons (Fsp3) is 0.440. The lowest BCUT2D eigenvalue weighted by molar-refractivity contribution is -0.139. The molecule has 4 nitrogen and oxygen atoms in total. The van der Waals surface area contributed by atoms with E-state index in [4.69, 9.17) is 11.6 Å². The van der Waals surface area contributed by atoms with Crippen molar-refractivity contribution in [2.75, 3.05) is 5.75 Å². The van der Waals surface area contributed by atoms with Crippen molar-refractivity contribution in [2.45, 2.75) is 64.9 Å². The van der Waals surface area contributed by atoms with Crippen LogP contribution in [-0.4, -0.2) is 34.6 Å². The van der Waals surface area contributed by atoms with Gasteiger partial charge < -0.3 is 10.2 Å². The maximum atomic E-state index is 13.2. The Bertz CT molecular complexity index is 857. The Kier molecular flexibility index (Phi) is 10.4. The number of rotatable bonds is 11.